The maximum Gasteiger partial charge on any atom is 0.305 e. The number of benzene rings is 5. The number of carbonyl (C=O) groups excluding carboxylic acids is 16. The summed E-state index contributed by atoms with van der Waals surface area (Å²) in [6, 6.07) is 4.60. The number of phenolic OH excluding ortho intramolecular Hbond substituents is 1. The van der Waals surface area contributed by atoms with Gasteiger partial charge in [-0.15, -0.1) is 11.8 Å². The summed E-state index contributed by atoms with van der Waals surface area (Å²) in [6.45, 7) is 7.09. The van der Waals surface area contributed by atoms with Crippen molar-refractivity contribution in [3.8, 4) is 5.75 Å². The Bertz CT molecular complexity index is 5250. The average molecular weight is 1890 g/mol. The third-order valence-electron chi connectivity index (χ3n) is 23.7. The molecule has 13 atom stereocenters. The molecule has 5 aromatic carbocycles. The number of nitrogens with two attached hydrogens (primary N) is 2. The van der Waals surface area contributed by atoms with Crippen LogP contribution in [0.2, 0.25) is 0 Å². The zero-order valence-corrected chi connectivity index (χ0v) is 76.5. The van der Waals surface area contributed by atoms with Crippen molar-refractivity contribution in [3.05, 3.63) is 173 Å². The van der Waals surface area contributed by atoms with Gasteiger partial charge < -0.3 is 99.0 Å². The van der Waals surface area contributed by atoms with Gasteiger partial charge in [-0.05, 0) is 127 Å². The molecule has 0 spiro atoms. The molecule has 3 saturated heterocycles. The maximum atomic E-state index is 15.7. The van der Waals surface area contributed by atoms with Crippen LogP contribution in [0.5, 0.6) is 5.75 Å². The number of carboxylic acids is 1. The van der Waals surface area contributed by atoms with Gasteiger partial charge in [0.15, 0.2) is 17.5 Å². The number of amides is 16. The Morgan fingerprint density at radius 3 is 1.66 bits per heavy atom. The molecule has 0 aliphatic carbocycles. The molecule has 3 fully saturated rings. The van der Waals surface area contributed by atoms with Gasteiger partial charge in [-0.2, -0.15) is 0 Å². The third-order valence-corrected chi connectivity index (χ3v) is 24.8. The molecule has 3 aliphatic heterocycles. The summed E-state index contributed by atoms with van der Waals surface area (Å²) in [6.07, 6.45) is -1.71. The number of para-hydroxylation sites is 1. The number of nitrogens with one attached hydrogen (secondary N) is 10. The minimum absolute atomic E-state index is 0.0590. The second-order valence-electron chi connectivity index (χ2n) is 34.6. The van der Waals surface area contributed by atoms with Crippen molar-refractivity contribution in [2.24, 2.45) is 23.3 Å². The maximum absolute atomic E-state index is 15.7. The second-order valence-corrected chi connectivity index (χ2v) is 35.6. The lowest BCUT2D eigenvalue weighted by atomic mass is 9.97. The Labute approximate surface area is 775 Å². The minimum Gasteiger partial charge on any atom is -0.508 e. The summed E-state index contributed by atoms with van der Waals surface area (Å²) in [5, 5.41) is 44.8. The Hall–Kier alpha value is -13.5. The molecular weight excluding hydrogens is 1770 g/mol. The van der Waals surface area contributed by atoms with Crippen LogP contribution in [0.1, 0.15) is 133 Å². The van der Waals surface area contributed by atoms with Crippen LogP contribution >= 0.6 is 11.8 Å². The molecule has 6 aromatic rings. The molecular formula is C93H117F4N17O19S. The van der Waals surface area contributed by atoms with Gasteiger partial charge in [0.2, 0.25) is 94.5 Å². The van der Waals surface area contributed by atoms with Crippen molar-refractivity contribution < 1.29 is 109 Å². The fourth-order valence-corrected chi connectivity index (χ4v) is 17.4. The number of phenols is 1. The van der Waals surface area contributed by atoms with Crippen LogP contribution in [-0.4, -0.2) is 271 Å². The van der Waals surface area contributed by atoms with E-state index < -0.39 is 263 Å². The van der Waals surface area contributed by atoms with Crippen LogP contribution in [-0.2, 0) is 114 Å². The number of rotatable bonds is 23. The number of H-pyrrole nitrogens is 1. The highest BCUT2D eigenvalue weighted by atomic mass is 32.2. The van der Waals surface area contributed by atoms with Gasteiger partial charge in [0.25, 0.3) is 0 Å². The van der Waals surface area contributed by atoms with Crippen molar-refractivity contribution in [2.75, 3.05) is 52.3 Å². The number of thioether (sulfide) groups is 1. The number of nitrogens with zero attached hydrogens (tertiary/aromatic N) is 5. The number of hydrogen-bond acceptors (Lipinski definition) is 19. The van der Waals surface area contributed by atoms with E-state index in [1.54, 1.807) is 81.6 Å². The van der Waals surface area contributed by atoms with Crippen LogP contribution in [0.25, 0.3) is 10.9 Å². The van der Waals surface area contributed by atoms with E-state index in [0.29, 0.717) is 64.3 Å². The number of aromatic nitrogens is 1. The quantitative estimate of drug-likeness (QED) is 0.0323. The van der Waals surface area contributed by atoms with Gasteiger partial charge in [0.1, 0.15) is 90.1 Å². The average Bonchev–Trinajstić information content (AvgIpc) is 1.57. The van der Waals surface area contributed by atoms with E-state index in [4.69, 9.17) is 11.5 Å². The van der Waals surface area contributed by atoms with Gasteiger partial charge >= 0.3 is 5.97 Å². The second kappa shape index (κ2) is 48.8. The normalized spacial score (nSPS) is 23.6. The van der Waals surface area contributed by atoms with Gasteiger partial charge in [-0.1, -0.05) is 120 Å². The standard InChI is InChI=1S/C93H117F4N17O19S/c1-9-10-23-72-92(132)114-35-18-25-71(114)87(127)106-66(44-75(98)116)85(125)109-80(51(4)5)93(133)111(7)73(41-52-19-12-11-13-20-52)88(128)107-68(45-78(119)120)90(130)113-34-17-16-24-70(113)86(126)105-65(43-56-46-100-62-22-15-14-21-59(56)62)84(124)104-64(39-53-28-32-58(115)33-29-53)83(123)103-63(36-50(2)3)82(122)108-69(81(121)101-47-76(99)117)48-134-49-77(118)102-67(40-55-37-60(95)79(97)61(96)38-55)89(129)112(8)74(91(131)110(72)6)42-54-26-30-57(94)31-27-54/h11-15,19-22,26-33,37-38,46,50-51,63-74,80,100,115H,9-10,16-18,23-25,34-36,39-45,47-49H2,1-8H3,(H2,98,116)(H2,99,117)(H,101,121)(H,102,118)(H,103,123)(H,104,124)(H,105,126)(H,106,127)(H,107,128)(H,108,122)(H,109,125)(H,119,120)/t63-,64-,65-,66-,67-,68-,69-,70+,71+,72-,73-,74-,80-/m0/s1. The molecule has 0 bridgehead atoms. The molecule has 16 N–H and O–H groups in total. The smallest absolute Gasteiger partial charge is 0.305 e. The number of unbranched alkanes of at least 4 members (excludes halogenated alkanes) is 1. The van der Waals surface area contributed by atoms with E-state index in [0.717, 1.165) is 43.7 Å². The summed E-state index contributed by atoms with van der Waals surface area (Å²) < 4.78 is 59.8. The topological polar surface area (TPSA) is 523 Å². The number of likely N-dealkylation sites (N-methyl/N-ethyl adjacent to an activating group) is 3. The number of piperidine rings is 1. The Morgan fingerprint density at radius 2 is 1.04 bits per heavy atom. The zero-order chi connectivity index (χ0) is 98.1. The number of hydrogen-bond donors (Lipinski definition) is 14. The predicted molar refractivity (Wildman–Crippen MR) is 483 cm³/mol. The first-order valence-electron chi connectivity index (χ1n) is 44.3. The van der Waals surface area contributed by atoms with E-state index in [2.05, 4.69) is 52.8 Å². The minimum atomic E-state index is -1.97. The zero-order valence-electron chi connectivity index (χ0n) is 75.7. The van der Waals surface area contributed by atoms with Crippen molar-refractivity contribution in [3.63, 3.8) is 0 Å². The number of halogens is 4. The number of carbonyl (C=O) groups is 17. The molecule has 3 aliphatic rings. The Kier molecular flexibility index (Phi) is 37.9. The van der Waals surface area contributed by atoms with Crippen molar-refractivity contribution in [1.82, 2.24) is 77.3 Å². The van der Waals surface area contributed by atoms with Crippen LogP contribution in [0.4, 0.5) is 17.6 Å². The molecule has 36 nitrogen and oxygen atoms in total. The summed E-state index contributed by atoms with van der Waals surface area (Å²) in [7, 11) is 3.58. The summed E-state index contributed by atoms with van der Waals surface area (Å²) in [5.41, 5.74) is 12.8. The van der Waals surface area contributed by atoms with Crippen LogP contribution < -0.4 is 59.3 Å². The highest BCUT2D eigenvalue weighted by Gasteiger charge is 2.46. The van der Waals surface area contributed by atoms with Crippen molar-refractivity contribution >= 4 is 123 Å². The summed E-state index contributed by atoms with van der Waals surface area (Å²) >= 11 is 0.641. The Morgan fingerprint density at radius 1 is 0.507 bits per heavy atom. The largest absolute Gasteiger partial charge is 0.508 e. The number of fused-ring (bicyclic) bond motifs is 3. The summed E-state index contributed by atoms with van der Waals surface area (Å²) in [5.74, 6) is -26.9. The van der Waals surface area contributed by atoms with Gasteiger partial charge in [-0.3, -0.25) is 81.5 Å². The lowest BCUT2D eigenvalue weighted by molar-refractivity contribution is -0.152. The van der Waals surface area contributed by atoms with E-state index in [1.165, 1.54) is 64.3 Å². The molecule has 0 radical (unpaired) electrons. The number of aromatic amines is 1. The molecule has 4 heterocycles. The highest BCUT2D eigenvalue weighted by molar-refractivity contribution is 8.00. The van der Waals surface area contributed by atoms with E-state index in [9.17, 15) is 52.6 Å². The number of primary amides is 2. The van der Waals surface area contributed by atoms with Gasteiger partial charge in [0.05, 0.1) is 25.1 Å². The molecule has 0 unspecified atom stereocenters. The number of aromatic hydroxyl groups is 1. The predicted octanol–water partition coefficient (Wildman–Crippen LogP) is 2.27. The van der Waals surface area contributed by atoms with Crippen LogP contribution in [0, 0.1) is 35.1 Å². The summed E-state index contributed by atoms with van der Waals surface area (Å²) in [4.78, 5) is 259. The highest BCUT2D eigenvalue weighted by Crippen LogP contribution is 2.29. The molecule has 1 aromatic heterocycles. The van der Waals surface area contributed by atoms with Gasteiger partial charge in [0, 0.05) is 89.2 Å². The van der Waals surface area contributed by atoms with Crippen LogP contribution in [0.3, 0.4) is 0 Å². The Balaban J connectivity index is 1.14. The fourth-order valence-electron chi connectivity index (χ4n) is 16.5. The van der Waals surface area contributed by atoms with E-state index in [-0.39, 0.29) is 88.6 Å². The lowest BCUT2D eigenvalue weighted by Gasteiger charge is -2.38. The molecule has 0 saturated carbocycles. The van der Waals surface area contributed by atoms with Crippen LogP contribution in [0.15, 0.2) is 121 Å². The van der Waals surface area contributed by atoms with Crippen molar-refractivity contribution in [2.45, 2.75) is 216 Å². The number of carboxylic acid groups (broad SMARTS) is 1. The monoisotopic (exact) mass is 1880 g/mol. The van der Waals surface area contributed by atoms with Gasteiger partial charge in [-0.25, -0.2) is 17.6 Å². The fraction of sp³-hybridized carbons (Fsp3) is 0.473. The lowest BCUT2D eigenvalue weighted by Crippen LogP contribution is -2.63. The first-order valence-corrected chi connectivity index (χ1v) is 45.5. The first kappa shape index (κ1) is 104. The van der Waals surface area contributed by atoms with Crippen molar-refractivity contribution in [1.29, 1.82) is 0 Å². The molecule has 16 amide bonds. The number of aliphatic carboxylic acids is 1. The third kappa shape index (κ3) is 28.8. The van der Waals surface area contributed by atoms with E-state index >= 15 is 56.7 Å². The molecule has 9 rings (SSSR count). The molecule has 134 heavy (non-hydrogen) atoms. The van der Waals surface area contributed by atoms with E-state index in [1.807, 2.05) is 0 Å². The SMILES string of the molecule is CCCC[C@H]1C(=O)N2CCC[C@@H]2C(=O)N[C@@H](CC(N)=O)C(=O)N[C@@H](C(C)C)C(=O)N(C)[C@@H](Cc2ccccc2)C(=O)N[C@@H](CC(=O)O)C(=O)N2CCCC[C@@H]2C(=O)N[C@@H](Cc2c[nH]c3ccccc23)C(=O)N[C@@H](Cc2ccc(O)cc2)C(=O)N[C@@H](CC(C)C)C(=O)N[C@H](C(=O)NCC(N)=O)CSCC(=O)N[C@@H](Cc2cc(F)c(F)c(F)c2)C(=O)N(C)[C@@H](Cc2ccc(F)cc2)C(=O)N1C. The first-order chi connectivity index (χ1) is 63.6. The molecule has 722 valence electrons. The molecule has 41 heteroatoms.